The predicted octanol–water partition coefficient (Wildman–Crippen LogP) is 1.87. The number of anilines is 1. The van der Waals surface area contributed by atoms with Crippen LogP contribution in [0.1, 0.15) is 57.4 Å². The highest BCUT2D eigenvalue weighted by atomic mass is 32.2. The number of sulfonamides is 1. The molecule has 0 unspecified atom stereocenters. The van der Waals surface area contributed by atoms with Crippen molar-refractivity contribution < 1.29 is 18.0 Å². The van der Waals surface area contributed by atoms with E-state index in [0.29, 0.717) is 19.3 Å². The molecule has 5 rings (SSSR count). The van der Waals surface area contributed by atoms with Crippen LogP contribution in [0.5, 0.6) is 0 Å². The lowest BCUT2D eigenvalue weighted by Crippen LogP contribution is -2.63. The highest BCUT2D eigenvalue weighted by Gasteiger charge is 2.47. The van der Waals surface area contributed by atoms with Crippen LogP contribution in [0.3, 0.4) is 0 Å². The standard InChI is InChI=1S/C24H34N4O4S/c1-17-15-19-16-20(7-8-21(19)28(17)22(29)18-5-6-18)33(31,32)27-13-9-24(10-14-27,23(25)30)26-11-3-2-4-12-26/h7-8,16-18H,2-6,9-15H2,1H3,(H2,25,30)/t17-/m1/s1. The number of carbonyl (C=O) groups excluding carboxylic acids is 2. The molecule has 1 aromatic rings. The van der Waals surface area contributed by atoms with E-state index in [1.165, 1.54) is 4.31 Å². The first-order valence-corrected chi connectivity index (χ1v) is 13.7. The molecule has 3 fully saturated rings. The Kier molecular flexibility index (Phi) is 5.77. The van der Waals surface area contributed by atoms with Crippen LogP contribution in [-0.2, 0) is 26.0 Å². The van der Waals surface area contributed by atoms with E-state index in [9.17, 15) is 18.0 Å². The molecule has 0 radical (unpaired) electrons. The molecule has 1 aliphatic carbocycles. The maximum atomic E-state index is 13.5. The number of fused-ring (bicyclic) bond motifs is 1. The number of benzene rings is 1. The summed E-state index contributed by atoms with van der Waals surface area (Å²) in [6.45, 7) is 4.26. The average molecular weight is 475 g/mol. The first kappa shape index (κ1) is 22.8. The molecule has 2 N–H and O–H groups in total. The molecule has 0 bridgehead atoms. The normalized spacial score (nSPS) is 26.2. The number of hydrogen-bond acceptors (Lipinski definition) is 5. The van der Waals surface area contributed by atoms with Crippen molar-refractivity contribution in [2.45, 2.75) is 74.8 Å². The first-order valence-electron chi connectivity index (χ1n) is 12.3. The van der Waals surface area contributed by atoms with Gasteiger partial charge in [-0.15, -0.1) is 0 Å². The van der Waals surface area contributed by atoms with Gasteiger partial charge in [-0.2, -0.15) is 4.31 Å². The second kappa shape index (κ2) is 8.36. The van der Waals surface area contributed by atoms with Gasteiger partial charge in [0, 0.05) is 30.7 Å². The lowest BCUT2D eigenvalue weighted by Gasteiger charge is -2.47. The van der Waals surface area contributed by atoms with E-state index in [-0.39, 0.29) is 41.8 Å². The SMILES string of the molecule is C[C@@H]1Cc2cc(S(=O)(=O)N3CCC(C(N)=O)(N4CCCCC4)CC3)ccc2N1C(=O)C1CC1. The van der Waals surface area contributed by atoms with Crippen molar-refractivity contribution in [2.24, 2.45) is 11.7 Å². The van der Waals surface area contributed by atoms with E-state index in [0.717, 1.165) is 56.4 Å². The van der Waals surface area contributed by atoms with E-state index in [2.05, 4.69) is 4.90 Å². The van der Waals surface area contributed by atoms with Gasteiger partial charge in [-0.25, -0.2) is 8.42 Å². The third kappa shape index (κ3) is 3.88. The summed E-state index contributed by atoms with van der Waals surface area (Å²) in [4.78, 5) is 29.5. The van der Waals surface area contributed by atoms with E-state index in [1.54, 1.807) is 18.2 Å². The molecule has 1 atom stereocenters. The lowest BCUT2D eigenvalue weighted by molar-refractivity contribution is -0.134. The van der Waals surface area contributed by atoms with Gasteiger partial charge in [0.2, 0.25) is 21.8 Å². The third-order valence-corrected chi connectivity index (χ3v) is 9.93. The zero-order chi connectivity index (χ0) is 23.4. The molecule has 8 nitrogen and oxygen atoms in total. The summed E-state index contributed by atoms with van der Waals surface area (Å²) in [5.41, 5.74) is 6.86. The highest BCUT2D eigenvalue weighted by Crippen LogP contribution is 2.40. The molecule has 0 spiro atoms. The summed E-state index contributed by atoms with van der Waals surface area (Å²) in [7, 11) is -3.69. The molecule has 0 aromatic heterocycles. The van der Waals surface area contributed by atoms with E-state index in [1.807, 2.05) is 11.8 Å². The molecule has 1 saturated carbocycles. The monoisotopic (exact) mass is 474 g/mol. The maximum Gasteiger partial charge on any atom is 0.243 e. The zero-order valence-electron chi connectivity index (χ0n) is 19.3. The van der Waals surface area contributed by atoms with Crippen LogP contribution in [0.25, 0.3) is 0 Å². The smallest absolute Gasteiger partial charge is 0.243 e. The Morgan fingerprint density at radius 2 is 1.70 bits per heavy atom. The van der Waals surface area contributed by atoms with E-state index in [4.69, 9.17) is 5.73 Å². The van der Waals surface area contributed by atoms with Crippen molar-refractivity contribution >= 4 is 27.5 Å². The number of hydrogen-bond donors (Lipinski definition) is 1. The van der Waals surface area contributed by atoms with Crippen LogP contribution in [0.2, 0.25) is 0 Å². The summed E-state index contributed by atoms with van der Waals surface area (Å²) in [5.74, 6) is -0.0534. The van der Waals surface area contributed by atoms with Crippen molar-refractivity contribution in [1.29, 1.82) is 0 Å². The molecular weight excluding hydrogens is 440 g/mol. The number of nitrogens with zero attached hydrogens (tertiary/aromatic N) is 3. The molecule has 3 heterocycles. The van der Waals surface area contributed by atoms with Gasteiger partial charge in [-0.1, -0.05) is 6.42 Å². The number of piperidine rings is 2. The van der Waals surface area contributed by atoms with Crippen molar-refractivity contribution in [1.82, 2.24) is 9.21 Å². The Bertz CT molecular complexity index is 1050. The Morgan fingerprint density at radius 3 is 2.30 bits per heavy atom. The Morgan fingerprint density at radius 1 is 1.03 bits per heavy atom. The summed E-state index contributed by atoms with van der Waals surface area (Å²) in [5, 5.41) is 0. The Balaban J connectivity index is 1.34. The van der Waals surface area contributed by atoms with Crippen LogP contribution in [0.4, 0.5) is 5.69 Å². The highest BCUT2D eigenvalue weighted by molar-refractivity contribution is 7.89. The summed E-state index contributed by atoms with van der Waals surface area (Å²) >= 11 is 0. The second-order valence-corrected chi connectivity index (χ2v) is 12.1. The molecule has 2 saturated heterocycles. The largest absolute Gasteiger partial charge is 0.368 e. The van der Waals surface area contributed by atoms with E-state index >= 15 is 0 Å². The minimum atomic E-state index is -3.69. The van der Waals surface area contributed by atoms with Gasteiger partial charge in [-0.05, 0) is 88.7 Å². The van der Waals surface area contributed by atoms with Crippen LogP contribution in [-0.4, -0.2) is 67.2 Å². The molecule has 180 valence electrons. The molecule has 3 aliphatic heterocycles. The van der Waals surface area contributed by atoms with Crippen molar-refractivity contribution in [3.63, 3.8) is 0 Å². The van der Waals surface area contributed by atoms with Gasteiger partial charge in [0.05, 0.1) is 4.90 Å². The fourth-order valence-corrected chi connectivity index (χ4v) is 7.41. The predicted molar refractivity (Wildman–Crippen MR) is 125 cm³/mol. The van der Waals surface area contributed by atoms with Gasteiger partial charge in [0.1, 0.15) is 5.54 Å². The zero-order valence-corrected chi connectivity index (χ0v) is 20.1. The lowest BCUT2D eigenvalue weighted by atomic mass is 9.84. The number of nitrogens with two attached hydrogens (primary N) is 1. The van der Waals surface area contributed by atoms with Gasteiger partial charge < -0.3 is 10.6 Å². The molecule has 2 amide bonds. The molecule has 1 aromatic carbocycles. The minimum Gasteiger partial charge on any atom is -0.368 e. The fraction of sp³-hybridized carbons (Fsp3) is 0.667. The summed E-state index contributed by atoms with van der Waals surface area (Å²) in [6, 6.07) is 5.20. The van der Waals surface area contributed by atoms with Crippen LogP contribution in [0.15, 0.2) is 23.1 Å². The maximum absolute atomic E-state index is 13.5. The van der Waals surface area contributed by atoms with Gasteiger partial charge >= 0.3 is 0 Å². The Labute approximate surface area is 196 Å². The van der Waals surface area contributed by atoms with Crippen LogP contribution < -0.4 is 10.6 Å². The summed E-state index contributed by atoms with van der Waals surface area (Å²) in [6.07, 6.45) is 6.66. The van der Waals surface area contributed by atoms with Crippen molar-refractivity contribution in [3.05, 3.63) is 23.8 Å². The third-order valence-electron chi connectivity index (χ3n) is 8.04. The van der Waals surface area contributed by atoms with Crippen LogP contribution >= 0.6 is 0 Å². The second-order valence-electron chi connectivity index (χ2n) is 10.2. The number of primary amides is 1. The molecule has 33 heavy (non-hydrogen) atoms. The van der Waals surface area contributed by atoms with Crippen molar-refractivity contribution in [3.8, 4) is 0 Å². The molecular formula is C24H34N4O4S. The van der Waals surface area contributed by atoms with Gasteiger partial charge in [-0.3, -0.25) is 14.5 Å². The number of amides is 2. The number of likely N-dealkylation sites (tertiary alicyclic amines) is 1. The Hall–Kier alpha value is -1.97. The van der Waals surface area contributed by atoms with E-state index < -0.39 is 15.6 Å². The quantitative estimate of drug-likeness (QED) is 0.702. The topological polar surface area (TPSA) is 104 Å². The van der Waals surface area contributed by atoms with Gasteiger partial charge in [0.25, 0.3) is 0 Å². The number of rotatable bonds is 5. The average Bonchev–Trinajstić information content (AvgIpc) is 3.61. The van der Waals surface area contributed by atoms with Gasteiger partial charge in [0.15, 0.2) is 0 Å². The van der Waals surface area contributed by atoms with Crippen LogP contribution in [0, 0.1) is 5.92 Å². The molecule has 4 aliphatic rings. The minimum absolute atomic E-state index is 0.0433. The van der Waals surface area contributed by atoms with Crippen molar-refractivity contribution in [2.75, 3.05) is 31.1 Å². The fourth-order valence-electron chi connectivity index (χ4n) is 5.92. The summed E-state index contributed by atoms with van der Waals surface area (Å²) < 4.78 is 28.4. The molecule has 9 heteroatoms. The number of carbonyl (C=O) groups is 2. The first-order chi connectivity index (χ1) is 15.7.